The Bertz CT molecular complexity index is 2640. The summed E-state index contributed by atoms with van der Waals surface area (Å²) >= 11 is 1.51. The Kier molecular flexibility index (Phi) is 13.5. The van der Waals surface area contributed by atoms with Crippen LogP contribution in [0.3, 0.4) is 0 Å². The maximum absolute atomic E-state index is 15.3. The third-order valence-electron chi connectivity index (χ3n) is 15.9. The number of carbonyl (C=O) groups excluding carboxylic acids is 3. The molecular formula is C53H68N8O7S. The van der Waals surface area contributed by atoms with Crippen molar-refractivity contribution in [1.29, 1.82) is 0 Å². The molecule has 2 N–H and O–H groups in total. The van der Waals surface area contributed by atoms with Crippen molar-refractivity contribution >= 4 is 40.0 Å². The quantitative estimate of drug-likeness (QED) is 0.157. The van der Waals surface area contributed by atoms with E-state index < -0.39 is 23.5 Å². The third kappa shape index (κ3) is 9.25. The van der Waals surface area contributed by atoms with Gasteiger partial charge in [0.25, 0.3) is 5.91 Å². The fourth-order valence-corrected chi connectivity index (χ4v) is 12.4. The number of hydrazine groups is 1. The second-order valence-electron chi connectivity index (χ2n) is 21.0. The molecule has 3 aromatic heterocycles. The van der Waals surface area contributed by atoms with E-state index in [0.717, 1.165) is 68.3 Å². The summed E-state index contributed by atoms with van der Waals surface area (Å²) in [5, 5.41) is 8.81. The largest absolute Gasteiger partial charge is 0.464 e. The summed E-state index contributed by atoms with van der Waals surface area (Å²) in [4.78, 5) is 58.8. The standard InChI is InChI=1S/C53H68N8O7S/c1-9-60-42-13-12-35-25-38(42)40(47(60)39-22-34(27-54-44(39)33(5)65-8)11-10-30(2)58-14-18-66-19-15-58)26-53(6,7)29-68-52(64)45-36-23-37(24-36)61(57-45)51(63)46(56-49(62)43-31(3)32(43)4)48(50-55-41(35)28-69-50)59-16-20-67-21-17-59/h12-13,22,25,27-28,30-33,36-37,43,45-46,48,57H,9,14-21,23-24,26,29H2,1-8H3,(H,56,62)/t30-,31-,32+,33+,36?,37?,43?,45+,46+,48+/m1/s1. The fourth-order valence-electron chi connectivity index (χ4n) is 11.4. The van der Waals surface area contributed by atoms with Crippen molar-refractivity contribution < 1.29 is 33.3 Å². The number of nitrogens with one attached hydrogen (secondary N) is 2. The van der Waals surface area contributed by atoms with Crippen molar-refractivity contribution in [3.63, 3.8) is 0 Å². The van der Waals surface area contributed by atoms with E-state index in [0.29, 0.717) is 65.3 Å². The van der Waals surface area contributed by atoms with Gasteiger partial charge in [0.1, 0.15) is 17.1 Å². The SMILES string of the molecule is CCn1c(-c2cc(C#C[C@@H](C)N3CCOCC3)cnc2[C@H](C)OC)c2c3cc(ccc31)-c1csc(n1)[C@@H](N1CCOCC1)[C@H](NC(=O)C1[C@@H](C)[C@H]1C)C(=O)N1N[C@H](C(=O)OCC(C)(C)C2)C2CC1C2. The lowest BCUT2D eigenvalue weighted by Gasteiger charge is -2.53. The molecule has 69 heavy (non-hydrogen) atoms. The Balaban J connectivity index is 1.13. The number of amides is 2. The van der Waals surface area contributed by atoms with E-state index >= 15 is 4.79 Å². The van der Waals surface area contributed by atoms with Crippen LogP contribution in [0.15, 0.2) is 35.8 Å². The van der Waals surface area contributed by atoms with Crippen LogP contribution in [0, 0.1) is 40.9 Å². The van der Waals surface area contributed by atoms with Gasteiger partial charge in [-0.3, -0.25) is 34.2 Å². The first-order valence-corrected chi connectivity index (χ1v) is 26.0. The van der Waals surface area contributed by atoms with E-state index in [1.54, 1.807) is 12.1 Å². The highest BCUT2D eigenvalue weighted by Gasteiger charge is 2.54. The van der Waals surface area contributed by atoms with Gasteiger partial charge in [-0.15, -0.1) is 11.3 Å². The monoisotopic (exact) mass is 960 g/mol. The first-order chi connectivity index (χ1) is 33.2. The first-order valence-electron chi connectivity index (χ1n) is 25.1. The highest BCUT2D eigenvalue weighted by Crippen LogP contribution is 2.47. The average Bonchev–Trinajstić information content (AvgIpc) is 3.61. The molecule has 7 aliphatic rings. The van der Waals surface area contributed by atoms with Crippen LogP contribution in [0.5, 0.6) is 0 Å². The third-order valence-corrected chi connectivity index (χ3v) is 16.9. The zero-order chi connectivity index (χ0) is 48.3. The van der Waals surface area contributed by atoms with Gasteiger partial charge in [-0.1, -0.05) is 45.6 Å². The summed E-state index contributed by atoms with van der Waals surface area (Å²) in [7, 11) is 1.71. The molecule has 2 amide bonds. The van der Waals surface area contributed by atoms with Gasteiger partial charge < -0.3 is 28.8 Å². The Labute approximate surface area is 409 Å². The van der Waals surface area contributed by atoms with Crippen molar-refractivity contribution in [3.05, 3.63) is 57.7 Å². The minimum absolute atomic E-state index is 0.0338. The van der Waals surface area contributed by atoms with E-state index in [1.165, 1.54) is 11.3 Å². The van der Waals surface area contributed by atoms with Crippen molar-refractivity contribution in [3.8, 4) is 34.4 Å². The highest BCUT2D eigenvalue weighted by molar-refractivity contribution is 7.10. The number of pyridine rings is 1. The van der Waals surface area contributed by atoms with Gasteiger partial charge in [0, 0.05) is 96.4 Å². The van der Waals surface area contributed by atoms with E-state index in [-0.39, 0.29) is 66.2 Å². The summed E-state index contributed by atoms with van der Waals surface area (Å²) < 4.78 is 26.1. The van der Waals surface area contributed by atoms with E-state index in [1.807, 2.05) is 13.1 Å². The molecule has 1 aromatic carbocycles. The van der Waals surface area contributed by atoms with Crippen molar-refractivity contribution in [2.24, 2.45) is 29.1 Å². The van der Waals surface area contributed by atoms with Crippen LogP contribution >= 0.6 is 11.3 Å². The van der Waals surface area contributed by atoms with Crippen LogP contribution in [0.2, 0.25) is 0 Å². The molecule has 11 rings (SSSR count). The van der Waals surface area contributed by atoms with Crippen LogP contribution in [0.4, 0.5) is 0 Å². The number of fused-ring (bicyclic) bond motifs is 4. The van der Waals surface area contributed by atoms with E-state index in [4.69, 9.17) is 28.9 Å². The van der Waals surface area contributed by atoms with Crippen LogP contribution in [0.25, 0.3) is 33.4 Å². The molecular weight excluding hydrogens is 893 g/mol. The second-order valence-corrected chi connectivity index (χ2v) is 21.9. The number of ether oxygens (including phenoxy) is 4. The van der Waals surface area contributed by atoms with Gasteiger partial charge in [-0.2, -0.15) is 0 Å². The molecule has 2 aliphatic carbocycles. The van der Waals surface area contributed by atoms with Gasteiger partial charge in [0.2, 0.25) is 5.91 Å². The molecule has 1 unspecified atom stereocenters. The Hall–Kier alpha value is -4.73. The smallest absolute Gasteiger partial charge is 0.325 e. The average molecular weight is 961 g/mol. The number of cyclic esters (lactones) is 1. The number of hydrogen-bond acceptors (Lipinski definition) is 13. The fraction of sp³-hybridized carbons (Fsp3) is 0.604. The van der Waals surface area contributed by atoms with Gasteiger partial charge in [-0.25, -0.2) is 10.4 Å². The number of nitrogens with zero attached hydrogens (tertiary/aromatic N) is 6. The zero-order valence-corrected chi connectivity index (χ0v) is 42.2. The number of hydrogen-bond donors (Lipinski definition) is 2. The summed E-state index contributed by atoms with van der Waals surface area (Å²) in [6.07, 6.45) is 3.47. The van der Waals surface area contributed by atoms with E-state index in [9.17, 15) is 9.59 Å². The number of morpholine rings is 2. The summed E-state index contributed by atoms with van der Waals surface area (Å²) in [5.41, 5.74) is 10.3. The van der Waals surface area contributed by atoms with Crippen LogP contribution in [-0.4, -0.2) is 138 Å². The zero-order valence-electron chi connectivity index (χ0n) is 41.4. The Morgan fingerprint density at radius 3 is 2.46 bits per heavy atom. The molecule has 16 heteroatoms. The number of aromatic nitrogens is 3. The van der Waals surface area contributed by atoms with Gasteiger partial charge in [-0.05, 0) is 81.5 Å². The lowest BCUT2D eigenvalue weighted by Crippen LogP contribution is -2.72. The molecule has 0 spiro atoms. The maximum Gasteiger partial charge on any atom is 0.325 e. The minimum atomic E-state index is -0.968. The number of aryl methyl sites for hydroxylation is 1. The number of methoxy groups -OCH3 is 1. The normalized spacial score (nSPS) is 29.2. The van der Waals surface area contributed by atoms with Gasteiger partial charge in [0.05, 0.1) is 68.3 Å². The molecule has 8 bridgehead atoms. The number of benzene rings is 1. The van der Waals surface area contributed by atoms with Crippen LogP contribution in [0.1, 0.15) is 95.3 Å². The molecule has 2 saturated carbocycles. The summed E-state index contributed by atoms with van der Waals surface area (Å²) in [5.74, 6) is 6.50. The number of esters is 1. The molecule has 4 aromatic rings. The molecule has 8 atom stereocenters. The highest BCUT2D eigenvalue weighted by atomic mass is 32.1. The predicted octanol–water partition coefficient (Wildman–Crippen LogP) is 6.01. The summed E-state index contributed by atoms with van der Waals surface area (Å²) in [6, 6.07) is 6.41. The molecule has 4 saturated heterocycles. The lowest BCUT2D eigenvalue weighted by atomic mass is 9.73. The Morgan fingerprint density at radius 1 is 1.04 bits per heavy atom. The van der Waals surface area contributed by atoms with Crippen molar-refractivity contribution in [2.75, 3.05) is 66.3 Å². The summed E-state index contributed by atoms with van der Waals surface area (Å²) in [6.45, 7) is 20.9. The van der Waals surface area contributed by atoms with E-state index in [2.05, 4.69) is 108 Å². The maximum atomic E-state index is 15.3. The predicted molar refractivity (Wildman–Crippen MR) is 264 cm³/mol. The van der Waals surface area contributed by atoms with Crippen molar-refractivity contribution in [2.45, 2.75) is 111 Å². The molecule has 6 fully saturated rings. The number of rotatable bonds is 8. The number of thiazole rings is 1. The second kappa shape index (κ2) is 19.5. The number of carbonyl (C=O) groups is 3. The molecule has 8 heterocycles. The topological polar surface area (TPSA) is 153 Å². The minimum Gasteiger partial charge on any atom is -0.464 e. The first kappa shape index (κ1) is 47.9. The molecule has 368 valence electrons. The van der Waals surface area contributed by atoms with Crippen molar-refractivity contribution in [1.82, 2.24) is 40.1 Å². The van der Waals surface area contributed by atoms with Gasteiger partial charge in [0.15, 0.2) is 0 Å². The van der Waals surface area contributed by atoms with Crippen LogP contribution < -0.4 is 10.7 Å². The van der Waals surface area contributed by atoms with Gasteiger partial charge >= 0.3 is 5.97 Å². The molecule has 15 nitrogen and oxygen atoms in total. The lowest BCUT2D eigenvalue weighted by molar-refractivity contribution is -0.172. The molecule has 5 aliphatic heterocycles. The van der Waals surface area contributed by atoms with Crippen LogP contribution in [-0.2, 0) is 46.3 Å². The Morgan fingerprint density at radius 2 is 1.77 bits per heavy atom. The molecule has 0 radical (unpaired) electrons.